The molecule has 1 aromatic heterocycles. The third kappa shape index (κ3) is 4.72. The Balaban J connectivity index is 1.91. The summed E-state index contributed by atoms with van der Waals surface area (Å²) in [6.45, 7) is 6.13. The van der Waals surface area contributed by atoms with E-state index in [1.165, 1.54) is 0 Å². The van der Waals surface area contributed by atoms with Crippen molar-refractivity contribution in [3.05, 3.63) is 40.5 Å². The van der Waals surface area contributed by atoms with Crippen LogP contribution >= 0.6 is 11.6 Å². The second-order valence-electron chi connectivity index (χ2n) is 4.69. The smallest absolute Gasteiger partial charge is 0.264 e. The number of rotatable bonds is 8. The van der Waals surface area contributed by atoms with E-state index < -0.39 is 0 Å². The second-order valence-corrected chi connectivity index (χ2v) is 5.10. The number of aromatic nitrogens is 2. The average Bonchev–Trinajstić information content (AvgIpc) is 2.95. The first-order valence-electron chi connectivity index (χ1n) is 7.16. The summed E-state index contributed by atoms with van der Waals surface area (Å²) in [5, 5.41) is 7.73. The molecule has 2 rings (SSSR count). The summed E-state index contributed by atoms with van der Waals surface area (Å²) in [5.41, 5.74) is 1.13. The molecule has 0 unspecified atom stereocenters. The number of halogens is 1. The van der Waals surface area contributed by atoms with Crippen LogP contribution in [0.25, 0.3) is 0 Å². The lowest BCUT2D eigenvalue weighted by Crippen LogP contribution is -2.13. The number of benzene rings is 1. The van der Waals surface area contributed by atoms with Crippen LogP contribution in [0.3, 0.4) is 0 Å². The van der Waals surface area contributed by atoms with Crippen molar-refractivity contribution in [2.24, 2.45) is 0 Å². The molecule has 0 atom stereocenters. The minimum absolute atomic E-state index is 0.222. The molecule has 0 aliphatic rings. The third-order valence-corrected chi connectivity index (χ3v) is 3.23. The van der Waals surface area contributed by atoms with E-state index in [-0.39, 0.29) is 6.61 Å². The van der Waals surface area contributed by atoms with E-state index in [4.69, 9.17) is 20.9 Å². The van der Waals surface area contributed by atoms with Gasteiger partial charge < -0.3 is 14.6 Å². The molecule has 1 heterocycles. The number of nitrogens with zero attached hydrogens (tertiary/aromatic N) is 2. The predicted octanol–water partition coefficient (Wildman–Crippen LogP) is 3.36. The quantitative estimate of drug-likeness (QED) is 0.758. The highest BCUT2D eigenvalue weighted by Crippen LogP contribution is 2.26. The Morgan fingerprint density at radius 1 is 1.33 bits per heavy atom. The maximum Gasteiger partial charge on any atom is 0.264 e. The molecule has 0 saturated heterocycles. The molecule has 0 bridgehead atoms. The van der Waals surface area contributed by atoms with Gasteiger partial charge in [0.15, 0.2) is 12.4 Å². The molecule has 2 aromatic rings. The van der Waals surface area contributed by atoms with Gasteiger partial charge >= 0.3 is 0 Å². The summed E-state index contributed by atoms with van der Waals surface area (Å²) < 4.78 is 10.7. The maximum absolute atomic E-state index is 6.22. The fourth-order valence-corrected chi connectivity index (χ4v) is 2.07. The zero-order valence-corrected chi connectivity index (χ0v) is 13.1. The van der Waals surface area contributed by atoms with Crippen molar-refractivity contribution in [2.45, 2.75) is 39.8 Å². The molecule has 0 spiro atoms. The van der Waals surface area contributed by atoms with E-state index in [0.29, 0.717) is 22.5 Å². The number of ether oxygens (including phenoxy) is 1. The van der Waals surface area contributed by atoms with Gasteiger partial charge in [-0.1, -0.05) is 36.7 Å². The highest BCUT2D eigenvalue weighted by atomic mass is 35.5. The van der Waals surface area contributed by atoms with Gasteiger partial charge in [-0.15, -0.1) is 0 Å². The van der Waals surface area contributed by atoms with Crippen LogP contribution in [0.5, 0.6) is 5.75 Å². The SMILES string of the molecule is CCCNCc1ccc(OCc2nc(CC)no2)c(Cl)c1. The van der Waals surface area contributed by atoms with Crippen molar-refractivity contribution in [1.29, 1.82) is 0 Å². The lowest BCUT2D eigenvalue weighted by atomic mass is 10.2. The molecule has 0 amide bonds. The second kappa shape index (κ2) is 8.00. The van der Waals surface area contributed by atoms with Gasteiger partial charge in [0.25, 0.3) is 5.89 Å². The van der Waals surface area contributed by atoms with Gasteiger partial charge in [-0.2, -0.15) is 4.98 Å². The molecule has 0 saturated carbocycles. The van der Waals surface area contributed by atoms with Gasteiger partial charge in [-0.05, 0) is 30.7 Å². The first-order chi connectivity index (χ1) is 10.2. The maximum atomic E-state index is 6.22. The van der Waals surface area contributed by atoms with E-state index in [2.05, 4.69) is 22.4 Å². The molecule has 114 valence electrons. The minimum Gasteiger partial charge on any atom is -0.482 e. The summed E-state index contributed by atoms with van der Waals surface area (Å²) in [7, 11) is 0. The van der Waals surface area contributed by atoms with E-state index in [1.807, 2.05) is 25.1 Å². The van der Waals surface area contributed by atoms with Crippen molar-refractivity contribution in [2.75, 3.05) is 6.54 Å². The molecule has 5 nitrogen and oxygen atoms in total. The lowest BCUT2D eigenvalue weighted by Gasteiger charge is -2.08. The van der Waals surface area contributed by atoms with Crippen molar-refractivity contribution in [3.63, 3.8) is 0 Å². The molecule has 0 aliphatic heterocycles. The first kappa shape index (κ1) is 15.8. The Labute approximate surface area is 129 Å². The standard InChI is InChI=1S/C15H20ClN3O2/c1-3-7-17-9-11-5-6-13(12(16)8-11)20-10-15-18-14(4-2)19-21-15/h5-6,8,17H,3-4,7,9-10H2,1-2H3. The Morgan fingerprint density at radius 2 is 2.19 bits per heavy atom. The molecule has 0 fully saturated rings. The molecular formula is C15H20ClN3O2. The first-order valence-corrected chi connectivity index (χ1v) is 7.54. The highest BCUT2D eigenvalue weighted by Gasteiger charge is 2.08. The van der Waals surface area contributed by atoms with Crippen LogP contribution in [0.1, 0.15) is 37.5 Å². The average molecular weight is 310 g/mol. The van der Waals surface area contributed by atoms with Crippen LogP contribution < -0.4 is 10.1 Å². The summed E-state index contributed by atoms with van der Waals surface area (Å²) in [6.07, 6.45) is 1.85. The molecule has 6 heteroatoms. The molecule has 0 aliphatic carbocycles. The molecule has 0 radical (unpaired) electrons. The fraction of sp³-hybridized carbons (Fsp3) is 0.467. The molecule has 21 heavy (non-hydrogen) atoms. The number of hydrogen-bond acceptors (Lipinski definition) is 5. The van der Waals surface area contributed by atoms with Gasteiger partial charge in [0.1, 0.15) is 5.75 Å². The van der Waals surface area contributed by atoms with Crippen molar-refractivity contribution < 1.29 is 9.26 Å². The van der Waals surface area contributed by atoms with Crippen LogP contribution in [-0.2, 0) is 19.6 Å². The largest absolute Gasteiger partial charge is 0.482 e. The van der Waals surface area contributed by atoms with E-state index >= 15 is 0 Å². The van der Waals surface area contributed by atoms with Gasteiger partial charge in [-0.3, -0.25) is 0 Å². The van der Waals surface area contributed by atoms with Crippen LogP contribution in [0, 0.1) is 0 Å². The number of aryl methyl sites for hydroxylation is 1. The highest BCUT2D eigenvalue weighted by molar-refractivity contribution is 6.32. The molecular weight excluding hydrogens is 290 g/mol. The lowest BCUT2D eigenvalue weighted by molar-refractivity contribution is 0.242. The van der Waals surface area contributed by atoms with Gasteiger partial charge in [0.05, 0.1) is 5.02 Å². The molecule has 1 aromatic carbocycles. The van der Waals surface area contributed by atoms with Gasteiger partial charge in [0, 0.05) is 13.0 Å². The zero-order valence-electron chi connectivity index (χ0n) is 12.4. The number of hydrogen-bond donors (Lipinski definition) is 1. The Bertz CT molecular complexity index is 572. The zero-order chi connectivity index (χ0) is 15.1. The third-order valence-electron chi connectivity index (χ3n) is 2.93. The van der Waals surface area contributed by atoms with E-state index in [1.54, 1.807) is 0 Å². The van der Waals surface area contributed by atoms with Crippen LogP contribution in [0.4, 0.5) is 0 Å². The summed E-state index contributed by atoms with van der Waals surface area (Å²) in [5.74, 6) is 1.75. The van der Waals surface area contributed by atoms with Crippen LogP contribution in [0.15, 0.2) is 22.7 Å². The van der Waals surface area contributed by atoms with Crippen LogP contribution in [-0.4, -0.2) is 16.7 Å². The van der Waals surface area contributed by atoms with Crippen molar-refractivity contribution >= 4 is 11.6 Å². The van der Waals surface area contributed by atoms with E-state index in [0.717, 1.165) is 31.5 Å². The summed E-state index contributed by atoms with van der Waals surface area (Å²) in [4.78, 5) is 4.19. The Hall–Kier alpha value is -1.59. The van der Waals surface area contributed by atoms with Crippen molar-refractivity contribution in [1.82, 2.24) is 15.5 Å². The molecule has 1 N–H and O–H groups in total. The Kier molecular flexibility index (Phi) is 6.02. The summed E-state index contributed by atoms with van der Waals surface area (Å²) >= 11 is 6.22. The predicted molar refractivity (Wildman–Crippen MR) is 81.5 cm³/mol. The number of nitrogens with one attached hydrogen (secondary N) is 1. The van der Waals surface area contributed by atoms with Gasteiger partial charge in [0.2, 0.25) is 0 Å². The normalized spacial score (nSPS) is 10.8. The van der Waals surface area contributed by atoms with Crippen LogP contribution in [0.2, 0.25) is 5.02 Å². The van der Waals surface area contributed by atoms with Gasteiger partial charge in [-0.25, -0.2) is 0 Å². The Morgan fingerprint density at radius 3 is 2.86 bits per heavy atom. The monoisotopic (exact) mass is 309 g/mol. The van der Waals surface area contributed by atoms with E-state index in [9.17, 15) is 0 Å². The summed E-state index contributed by atoms with van der Waals surface area (Å²) in [6, 6.07) is 5.77. The minimum atomic E-state index is 0.222. The van der Waals surface area contributed by atoms with Crippen molar-refractivity contribution in [3.8, 4) is 5.75 Å². The topological polar surface area (TPSA) is 60.2 Å². The fourth-order valence-electron chi connectivity index (χ4n) is 1.81.